The van der Waals surface area contributed by atoms with E-state index < -0.39 is 4.92 Å². The summed E-state index contributed by atoms with van der Waals surface area (Å²) in [6.45, 7) is 4.60. The van der Waals surface area contributed by atoms with Gasteiger partial charge in [0.25, 0.3) is 5.91 Å². The van der Waals surface area contributed by atoms with Crippen LogP contribution in [0.15, 0.2) is 18.2 Å². The number of nitro benzene ring substituents is 1. The Morgan fingerprint density at radius 1 is 1.50 bits per heavy atom. The normalized spacial score (nSPS) is 18.5. The Balaban J connectivity index is 0.00000288. The van der Waals surface area contributed by atoms with E-state index in [0.29, 0.717) is 18.7 Å². The second-order valence-corrected chi connectivity index (χ2v) is 5.79. The number of likely N-dealkylation sites (tertiary alicyclic amines) is 1. The van der Waals surface area contributed by atoms with Gasteiger partial charge in [0.05, 0.1) is 11.5 Å². The van der Waals surface area contributed by atoms with Gasteiger partial charge in [-0.2, -0.15) is 0 Å². The molecule has 1 aliphatic heterocycles. The Morgan fingerprint density at radius 2 is 2.21 bits per heavy atom. The number of hydrogen-bond acceptors (Lipinski definition) is 5. The molecule has 0 bridgehead atoms. The summed E-state index contributed by atoms with van der Waals surface area (Å²) >= 11 is 0. The molecule has 7 nitrogen and oxygen atoms in total. The van der Waals surface area contributed by atoms with Crippen molar-refractivity contribution in [3.63, 3.8) is 0 Å². The first-order valence-electron chi connectivity index (χ1n) is 7.93. The average molecular weight is 358 g/mol. The van der Waals surface area contributed by atoms with Gasteiger partial charge < -0.3 is 15.4 Å². The van der Waals surface area contributed by atoms with E-state index >= 15 is 0 Å². The highest BCUT2D eigenvalue weighted by atomic mass is 35.5. The molecular formula is C16H24ClN3O4. The number of carbonyl (C=O) groups is 1. The third kappa shape index (κ3) is 4.36. The lowest BCUT2D eigenvalue weighted by molar-refractivity contribution is -0.385. The Morgan fingerprint density at radius 3 is 2.79 bits per heavy atom. The zero-order valence-electron chi connectivity index (χ0n) is 13.9. The maximum absolute atomic E-state index is 12.8. The minimum atomic E-state index is -0.527. The van der Waals surface area contributed by atoms with Gasteiger partial charge in [-0.15, -0.1) is 12.4 Å². The van der Waals surface area contributed by atoms with Gasteiger partial charge in [-0.25, -0.2) is 0 Å². The first-order valence-corrected chi connectivity index (χ1v) is 7.93. The van der Waals surface area contributed by atoms with Crippen molar-refractivity contribution in [3.8, 4) is 5.75 Å². The van der Waals surface area contributed by atoms with Crippen LogP contribution < -0.4 is 10.5 Å². The van der Waals surface area contributed by atoms with Crippen molar-refractivity contribution in [2.24, 2.45) is 5.73 Å². The highest BCUT2D eigenvalue weighted by molar-refractivity contribution is 5.95. The van der Waals surface area contributed by atoms with Crippen LogP contribution in [0.25, 0.3) is 0 Å². The largest absolute Gasteiger partial charge is 0.487 e. The molecule has 0 saturated carbocycles. The lowest BCUT2D eigenvalue weighted by atomic mass is 9.96. The topological polar surface area (TPSA) is 98.7 Å². The van der Waals surface area contributed by atoms with Gasteiger partial charge in [0, 0.05) is 30.3 Å². The summed E-state index contributed by atoms with van der Waals surface area (Å²) < 4.78 is 5.25. The molecule has 8 heteroatoms. The number of carbonyl (C=O) groups excluding carboxylic acids is 1. The number of nitrogens with zero attached hydrogens (tertiary/aromatic N) is 2. The predicted molar refractivity (Wildman–Crippen MR) is 93.8 cm³/mol. The molecular weight excluding hydrogens is 334 g/mol. The summed E-state index contributed by atoms with van der Waals surface area (Å²) in [6.07, 6.45) is 2.83. The molecule has 1 aromatic rings. The van der Waals surface area contributed by atoms with Crippen LogP contribution in [0.1, 0.15) is 43.5 Å². The second-order valence-electron chi connectivity index (χ2n) is 5.79. The number of rotatable bonds is 5. The van der Waals surface area contributed by atoms with E-state index in [1.165, 1.54) is 12.1 Å². The summed E-state index contributed by atoms with van der Waals surface area (Å²) in [5.41, 5.74) is 6.10. The van der Waals surface area contributed by atoms with Gasteiger partial charge in [0.1, 0.15) is 0 Å². The van der Waals surface area contributed by atoms with E-state index in [-0.39, 0.29) is 41.8 Å². The zero-order valence-corrected chi connectivity index (χ0v) is 14.8. The summed E-state index contributed by atoms with van der Waals surface area (Å²) in [5.74, 6) is -0.0328. The fraction of sp³-hybridized carbons (Fsp3) is 0.562. The van der Waals surface area contributed by atoms with Gasteiger partial charge in [0.2, 0.25) is 0 Å². The third-order valence-corrected chi connectivity index (χ3v) is 4.12. The Labute approximate surface area is 147 Å². The van der Waals surface area contributed by atoms with Crippen molar-refractivity contribution in [3.05, 3.63) is 33.9 Å². The summed E-state index contributed by atoms with van der Waals surface area (Å²) in [4.78, 5) is 25.2. The highest BCUT2D eigenvalue weighted by Gasteiger charge is 2.31. The van der Waals surface area contributed by atoms with Crippen molar-refractivity contribution in [1.82, 2.24) is 4.90 Å². The van der Waals surface area contributed by atoms with Crippen molar-refractivity contribution in [2.75, 3.05) is 13.2 Å². The van der Waals surface area contributed by atoms with Crippen LogP contribution in [0.5, 0.6) is 5.75 Å². The maximum atomic E-state index is 12.8. The maximum Gasteiger partial charge on any atom is 0.311 e. The molecule has 1 fully saturated rings. The predicted octanol–water partition coefficient (Wildman–Crippen LogP) is 2.76. The molecule has 2 atom stereocenters. The van der Waals surface area contributed by atoms with Crippen LogP contribution in [-0.2, 0) is 0 Å². The van der Waals surface area contributed by atoms with Crippen molar-refractivity contribution >= 4 is 24.0 Å². The summed E-state index contributed by atoms with van der Waals surface area (Å²) in [6, 6.07) is 4.20. The van der Waals surface area contributed by atoms with Gasteiger partial charge >= 0.3 is 5.69 Å². The van der Waals surface area contributed by atoms with E-state index in [4.69, 9.17) is 10.5 Å². The fourth-order valence-electron chi connectivity index (χ4n) is 2.99. The summed E-state index contributed by atoms with van der Waals surface area (Å²) in [7, 11) is 0. The third-order valence-electron chi connectivity index (χ3n) is 4.12. The number of nitro groups is 1. The lowest BCUT2D eigenvalue weighted by Gasteiger charge is -2.38. The van der Waals surface area contributed by atoms with E-state index in [2.05, 4.69) is 0 Å². The number of benzene rings is 1. The van der Waals surface area contributed by atoms with Crippen LogP contribution in [0.2, 0.25) is 0 Å². The molecule has 1 aliphatic rings. The molecule has 0 aromatic heterocycles. The Hall–Kier alpha value is -1.86. The van der Waals surface area contributed by atoms with Crippen molar-refractivity contribution < 1.29 is 14.5 Å². The molecule has 2 rings (SSSR count). The van der Waals surface area contributed by atoms with Gasteiger partial charge in [-0.3, -0.25) is 14.9 Å². The number of halogens is 1. The minimum Gasteiger partial charge on any atom is -0.487 e. The Kier molecular flexibility index (Phi) is 7.44. The molecule has 0 spiro atoms. The number of amides is 1. The number of piperidine rings is 1. The van der Waals surface area contributed by atoms with Crippen molar-refractivity contribution in [2.45, 2.75) is 45.2 Å². The first kappa shape index (κ1) is 20.2. The number of ether oxygens (including phenoxy) is 1. The second kappa shape index (κ2) is 8.84. The van der Waals surface area contributed by atoms with Crippen LogP contribution in [0.3, 0.4) is 0 Å². The molecule has 1 amide bonds. The molecule has 1 heterocycles. The molecule has 2 unspecified atom stereocenters. The summed E-state index contributed by atoms with van der Waals surface area (Å²) in [5, 5.41) is 11.2. The average Bonchev–Trinajstić information content (AvgIpc) is 2.54. The Bertz CT molecular complexity index is 595. The number of hydrogen-bond donors (Lipinski definition) is 1. The fourth-order valence-corrected chi connectivity index (χ4v) is 2.99. The smallest absolute Gasteiger partial charge is 0.311 e. The quantitative estimate of drug-likeness (QED) is 0.645. The van der Waals surface area contributed by atoms with E-state index in [1.807, 2.05) is 6.92 Å². The molecule has 24 heavy (non-hydrogen) atoms. The first-order chi connectivity index (χ1) is 11.0. The van der Waals surface area contributed by atoms with Gasteiger partial charge in [0.15, 0.2) is 5.75 Å². The van der Waals surface area contributed by atoms with Gasteiger partial charge in [-0.05, 0) is 45.2 Å². The molecule has 134 valence electrons. The van der Waals surface area contributed by atoms with E-state index in [9.17, 15) is 14.9 Å². The molecule has 0 aliphatic carbocycles. The van der Waals surface area contributed by atoms with E-state index in [1.54, 1.807) is 17.9 Å². The minimum absolute atomic E-state index is 0. The lowest BCUT2D eigenvalue weighted by Crippen LogP contribution is -2.51. The van der Waals surface area contributed by atoms with Gasteiger partial charge in [-0.1, -0.05) is 0 Å². The standard InChI is InChI=1S/C16H23N3O4.ClH/c1-3-23-15-8-7-12(10-14(15)19(21)22)16(20)18-9-5-4-6-13(18)11(2)17;/h7-8,10-11,13H,3-6,9,17H2,1-2H3;1H. The van der Waals surface area contributed by atoms with Crippen LogP contribution in [-0.4, -0.2) is 41.0 Å². The SMILES string of the molecule is CCOc1ccc(C(=O)N2CCCCC2C(C)N)cc1[N+](=O)[O-].Cl. The highest BCUT2D eigenvalue weighted by Crippen LogP contribution is 2.29. The van der Waals surface area contributed by atoms with E-state index in [0.717, 1.165) is 19.3 Å². The zero-order chi connectivity index (χ0) is 17.0. The molecule has 1 saturated heterocycles. The van der Waals surface area contributed by atoms with Crippen molar-refractivity contribution in [1.29, 1.82) is 0 Å². The molecule has 0 radical (unpaired) electrons. The molecule has 2 N–H and O–H groups in total. The molecule has 1 aromatic carbocycles. The number of nitrogens with two attached hydrogens (primary N) is 1. The van der Waals surface area contributed by atoms with Crippen LogP contribution in [0.4, 0.5) is 5.69 Å². The van der Waals surface area contributed by atoms with Crippen LogP contribution in [0, 0.1) is 10.1 Å². The monoisotopic (exact) mass is 357 g/mol. The van der Waals surface area contributed by atoms with Crippen LogP contribution >= 0.6 is 12.4 Å².